The molecule has 2 aromatic heterocycles. The zero-order chi connectivity index (χ0) is 30.4. The average Bonchev–Trinajstić information content (AvgIpc) is 2.91. The summed E-state index contributed by atoms with van der Waals surface area (Å²) in [4.78, 5) is 25.5. The zero-order valence-electron chi connectivity index (χ0n) is 22.4. The minimum absolute atomic E-state index is 0.0795. The van der Waals surface area contributed by atoms with Gasteiger partial charge in [-0.25, -0.2) is 0 Å². The van der Waals surface area contributed by atoms with Crippen molar-refractivity contribution < 1.29 is 48.9 Å². The lowest BCUT2D eigenvalue weighted by atomic mass is 9.91. The van der Waals surface area contributed by atoms with Gasteiger partial charge in [-0.2, -0.15) is 0 Å². The van der Waals surface area contributed by atoms with Gasteiger partial charge in [-0.05, 0) is 26.0 Å². The van der Waals surface area contributed by atoms with Gasteiger partial charge in [-0.15, -0.1) is 0 Å². The van der Waals surface area contributed by atoms with Crippen LogP contribution in [0.25, 0.3) is 54.6 Å². The fourth-order valence-electron chi connectivity index (χ4n) is 5.51. The maximum absolute atomic E-state index is 12.7. The molecular weight excluding hydrogens is 552 g/mol. The first-order valence-electron chi connectivity index (χ1n) is 12.4. The number of fused-ring (bicyclic) bond motifs is 4. The van der Waals surface area contributed by atoms with Crippen molar-refractivity contribution in [2.75, 3.05) is 14.2 Å². The molecule has 0 aliphatic rings. The lowest BCUT2D eigenvalue weighted by molar-refractivity contribution is 0.366. The molecule has 0 fully saturated rings. The van der Waals surface area contributed by atoms with E-state index in [4.69, 9.17) is 18.3 Å². The topological polar surface area (TPSA) is 200 Å². The van der Waals surface area contributed by atoms with Gasteiger partial charge in [-0.1, -0.05) is 0 Å². The summed E-state index contributed by atoms with van der Waals surface area (Å²) in [7, 11) is 2.30. The van der Waals surface area contributed by atoms with Crippen LogP contribution < -0.4 is 20.3 Å². The molecule has 0 aliphatic carbocycles. The average molecular weight is 574 g/mol. The number of methoxy groups -OCH3 is 2. The van der Waals surface area contributed by atoms with Crippen LogP contribution in [0.15, 0.2) is 42.7 Å². The first-order chi connectivity index (χ1) is 19.9. The van der Waals surface area contributed by atoms with Gasteiger partial charge in [0.2, 0.25) is 0 Å². The van der Waals surface area contributed by atoms with E-state index in [1.54, 1.807) is 0 Å². The van der Waals surface area contributed by atoms with Crippen LogP contribution in [0.2, 0.25) is 0 Å². The number of phenols is 6. The summed E-state index contributed by atoms with van der Waals surface area (Å²) in [5, 5.41) is 66.3. The molecule has 6 rings (SSSR count). The quantitative estimate of drug-likeness (QED) is 0.125. The van der Waals surface area contributed by atoms with E-state index in [0.29, 0.717) is 0 Å². The highest BCUT2D eigenvalue weighted by atomic mass is 16.5. The molecule has 2 heterocycles. The first kappa shape index (κ1) is 26.4. The highest BCUT2D eigenvalue weighted by molar-refractivity contribution is 6.17. The summed E-state index contributed by atoms with van der Waals surface area (Å²) in [6.07, 6.45) is 0. The molecule has 6 aromatic rings. The molecular formula is C30H22O12. The molecule has 4 aromatic carbocycles. The van der Waals surface area contributed by atoms with Crippen molar-refractivity contribution in [3.05, 3.63) is 56.2 Å². The largest absolute Gasteiger partial charge is 0.506 e. The Morgan fingerprint density at radius 1 is 0.524 bits per heavy atom. The fourth-order valence-corrected chi connectivity index (χ4v) is 5.51. The van der Waals surface area contributed by atoms with Crippen molar-refractivity contribution in [3.63, 3.8) is 0 Å². The van der Waals surface area contributed by atoms with Crippen LogP contribution in [0.3, 0.4) is 0 Å². The molecule has 0 atom stereocenters. The van der Waals surface area contributed by atoms with Gasteiger partial charge >= 0.3 is 0 Å². The Morgan fingerprint density at radius 3 is 1.21 bits per heavy atom. The Labute approximate surface area is 234 Å². The van der Waals surface area contributed by atoms with Gasteiger partial charge in [0.05, 0.1) is 36.1 Å². The second-order valence-electron chi connectivity index (χ2n) is 9.70. The summed E-state index contributed by atoms with van der Waals surface area (Å²) in [5.41, 5.74) is -2.36. The molecule has 0 saturated heterocycles. The summed E-state index contributed by atoms with van der Waals surface area (Å²) in [6.45, 7) is 3.04. The van der Waals surface area contributed by atoms with Gasteiger partial charge in [0.15, 0.2) is 33.9 Å². The predicted molar refractivity (Wildman–Crippen MR) is 152 cm³/mol. The van der Waals surface area contributed by atoms with E-state index in [1.165, 1.54) is 26.0 Å². The van der Waals surface area contributed by atoms with Crippen LogP contribution in [0.5, 0.6) is 46.0 Å². The molecule has 12 nitrogen and oxygen atoms in total. The van der Waals surface area contributed by atoms with Crippen LogP contribution in [0.1, 0.15) is 11.5 Å². The summed E-state index contributed by atoms with van der Waals surface area (Å²) in [6, 6.07) is 4.73. The lowest BCUT2D eigenvalue weighted by Crippen LogP contribution is -2.02. The van der Waals surface area contributed by atoms with Crippen molar-refractivity contribution in [3.8, 4) is 57.1 Å². The van der Waals surface area contributed by atoms with Crippen LogP contribution in [-0.2, 0) is 0 Å². The second kappa shape index (κ2) is 8.86. The molecule has 0 aliphatic heterocycles. The molecule has 0 bridgehead atoms. The minimum atomic E-state index is -0.790. The van der Waals surface area contributed by atoms with Gasteiger partial charge in [0.25, 0.3) is 0 Å². The molecule has 214 valence electrons. The highest BCUT2D eigenvalue weighted by Crippen LogP contribution is 2.60. The van der Waals surface area contributed by atoms with E-state index in [1.807, 2.05) is 0 Å². The Balaban J connectivity index is 1.86. The highest BCUT2D eigenvalue weighted by Gasteiger charge is 2.33. The molecule has 42 heavy (non-hydrogen) atoms. The SMILES string of the molecule is COc1c(-c2c(OC)c(O)c3cc4oc(C)cc(=O)c4c(O)c3c2O)c(O)c2c(O)c3c(=O)cc(C)oc3cc2c1O. The van der Waals surface area contributed by atoms with E-state index in [-0.39, 0.29) is 44.2 Å². The smallest absolute Gasteiger partial charge is 0.196 e. The minimum Gasteiger partial charge on any atom is -0.506 e. The fraction of sp³-hybridized carbons (Fsp3) is 0.133. The zero-order valence-corrected chi connectivity index (χ0v) is 22.4. The molecule has 0 spiro atoms. The Bertz CT molecular complexity index is 2130. The Hall–Kier alpha value is -5.78. The van der Waals surface area contributed by atoms with E-state index >= 15 is 0 Å². The van der Waals surface area contributed by atoms with Gasteiger partial charge in [0.1, 0.15) is 56.5 Å². The number of rotatable bonds is 3. The third-order valence-electron chi connectivity index (χ3n) is 7.23. The normalized spacial score (nSPS) is 11.6. The number of phenolic OH excluding ortho intramolecular Hbond substituents is 6. The summed E-state index contributed by atoms with van der Waals surface area (Å²) < 4.78 is 21.9. The second-order valence-corrected chi connectivity index (χ2v) is 9.70. The van der Waals surface area contributed by atoms with Gasteiger partial charge in [-0.3, -0.25) is 9.59 Å². The van der Waals surface area contributed by atoms with E-state index in [9.17, 15) is 40.2 Å². The number of hydrogen-bond donors (Lipinski definition) is 6. The molecule has 0 unspecified atom stereocenters. The summed E-state index contributed by atoms with van der Waals surface area (Å²) >= 11 is 0. The Morgan fingerprint density at radius 2 is 0.881 bits per heavy atom. The number of hydrogen-bond acceptors (Lipinski definition) is 12. The van der Waals surface area contributed by atoms with Crippen LogP contribution >= 0.6 is 0 Å². The third kappa shape index (κ3) is 3.35. The third-order valence-corrected chi connectivity index (χ3v) is 7.23. The molecule has 12 heteroatoms. The van der Waals surface area contributed by atoms with Crippen molar-refractivity contribution in [1.82, 2.24) is 0 Å². The van der Waals surface area contributed by atoms with E-state index < -0.39 is 78.8 Å². The van der Waals surface area contributed by atoms with Crippen molar-refractivity contribution in [2.45, 2.75) is 13.8 Å². The molecule has 0 amide bonds. The predicted octanol–water partition coefficient (Wildman–Crippen LogP) is 4.74. The number of ether oxygens (including phenoxy) is 2. The maximum Gasteiger partial charge on any atom is 0.196 e. The van der Waals surface area contributed by atoms with Crippen molar-refractivity contribution >= 4 is 43.5 Å². The standard InChI is InChI=1S/C30H22O12/c1-9-5-13(31)19-15(41-9)7-11-17(25(19)35)27(37)21(29(39-3)23(11)33)22-28(38)18-12(24(34)30(22)40-4)8-16-20(26(18)36)14(32)6-10(2)42-16/h5-8,33-38H,1-4H3. The van der Waals surface area contributed by atoms with Crippen LogP contribution in [0.4, 0.5) is 0 Å². The molecule has 0 radical (unpaired) electrons. The van der Waals surface area contributed by atoms with Crippen LogP contribution in [-0.4, -0.2) is 44.9 Å². The number of benzene rings is 4. The molecule has 0 saturated carbocycles. The molecule has 6 N–H and O–H groups in total. The number of aromatic hydroxyl groups is 6. The van der Waals surface area contributed by atoms with Gasteiger partial charge in [0, 0.05) is 22.9 Å². The van der Waals surface area contributed by atoms with E-state index in [0.717, 1.165) is 26.4 Å². The number of aryl methyl sites for hydroxylation is 2. The summed E-state index contributed by atoms with van der Waals surface area (Å²) in [5.74, 6) is -4.73. The maximum atomic E-state index is 12.7. The van der Waals surface area contributed by atoms with Crippen LogP contribution in [0, 0.1) is 13.8 Å². The van der Waals surface area contributed by atoms with E-state index in [2.05, 4.69) is 0 Å². The first-order valence-corrected chi connectivity index (χ1v) is 12.4. The van der Waals surface area contributed by atoms with Gasteiger partial charge < -0.3 is 48.9 Å². The monoisotopic (exact) mass is 574 g/mol. The van der Waals surface area contributed by atoms with Crippen molar-refractivity contribution in [2.24, 2.45) is 0 Å². The Kier molecular flexibility index (Phi) is 5.58. The lowest BCUT2D eigenvalue weighted by Gasteiger charge is -2.21. The van der Waals surface area contributed by atoms with Crippen molar-refractivity contribution in [1.29, 1.82) is 0 Å².